The monoisotopic (exact) mass is 402 g/mol. The van der Waals surface area contributed by atoms with Crippen LogP contribution in [-0.4, -0.2) is 50.5 Å². The van der Waals surface area contributed by atoms with Crippen molar-refractivity contribution < 1.29 is 5.11 Å². The fraction of sp³-hybridized carbons (Fsp3) is 0.348. The van der Waals surface area contributed by atoms with E-state index in [1.54, 1.807) is 4.68 Å². The Morgan fingerprint density at radius 1 is 1.23 bits per heavy atom. The number of anilines is 1. The number of phenols is 1. The lowest BCUT2D eigenvalue weighted by molar-refractivity contribution is 0.474. The van der Waals surface area contributed by atoms with Crippen LogP contribution < -0.4 is 10.2 Å². The van der Waals surface area contributed by atoms with E-state index in [2.05, 4.69) is 33.3 Å². The van der Waals surface area contributed by atoms with E-state index in [0.29, 0.717) is 22.9 Å². The predicted molar refractivity (Wildman–Crippen MR) is 120 cm³/mol. The molecule has 0 radical (unpaired) electrons. The first-order chi connectivity index (χ1) is 14.5. The standard InChI is InChI=1S/C23H26N6O/c1-4-24-17-7-8-29(13-17)18-9-15-5-6-20(26-23(15)25-11-18)19-10-16-12-28(3)27-21(16)14(2)22(19)30/h5-6,9-12,17,24,30H,4,7-8,13H2,1-3H3/t17-/m1/s1. The van der Waals surface area contributed by atoms with Crippen molar-refractivity contribution in [2.75, 3.05) is 24.5 Å². The molecule has 1 aliphatic heterocycles. The van der Waals surface area contributed by atoms with Crippen LogP contribution in [0.1, 0.15) is 18.9 Å². The average molecular weight is 403 g/mol. The molecule has 1 fully saturated rings. The first-order valence-electron chi connectivity index (χ1n) is 10.4. The summed E-state index contributed by atoms with van der Waals surface area (Å²) >= 11 is 0. The van der Waals surface area contributed by atoms with Crippen LogP contribution in [-0.2, 0) is 7.05 Å². The van der Waals surface area contributed by atoms with E-state index in [9.17, 15) is 5.11 Å². The molecule has 3 aromatic heterocycles. The molecule has 4 aromatic rings. The molecule has 0 bridgehead atoms. The molecular formula is C23H26N6O. The molecule has 1 saturated heterocycles. The minimum absolute atomic E-state index is 0.219. The van der Waals surface area contributed by atoms with E-state index in [1.165, 1.54) is 0 Å². The highest BCUT2D eigenvalue weighted by Gasteiger charge is 2.22. The second-order valence-corrected chi connectivity index (χ2v) is 8.06. The van der Waals surface area contributed by atoms with Gasteiger partial charge >= 0.3 is 0 Å². The van der Waals surface area contributed by atoms with E-state index in [1.807, 2.05) is 44.6 Å². The van der Waals surface area contributed by atoms with Crippen LogP contribution >= 0.6 is 0 Å². The highest BCUT2D eigenvalue weighted by atomic mass is 16.3. The Morgan fingerprint density at radius 2 is 2.10 bits per heavy atom. The number of benzene rings is 1. The Kier molecular flexibility index (Phi) is 4.55. The maximum absolute atomic E-state index is 10.8. The number of aromatic nitrogens is 4. The molecule has 0 unspecified atom stereocenters. The first-order valence-corrected chi connectivity index (χ1v) is 10.4. The summed E-state index contributed by atoms with van der Waals surface area (Å²) in [6.07, 6.45) is 5.01. The maximum Gasteiger partial charge on any atom is 0.159 e. The minimum Gasteiger partial charge on any atom is -0.507 e. The number of fused-ring (bicyclic) bond motifs is 2. The van der Waals surface area contributed by atoms with Crippen molar-refractivity contribution in [3.8, 4) is 17.0 Å². The van der Waals surface area contributed by atoms with Crippen molar-refractivity contribution in [1.82, 2.24) is 25.1 Å². The first kappa shape index (κ1) is 18.8. The molecule has 1 aliphatic rings. The molecule has 154 valence electrons. The van der Waals surface area contributed by atoms with Gasteiger partial charge in [0.1, 0.15) is 5.75 Å². The Bertz CT molecular complexity index is 1250. The topological polar surface area (TPSA) is 79.1 Å². The van der Waals surface area contributed by atoms with Crippen LogP contribution in [0.2, 0.25) is 0 Å². The van der Waals surface area contributed by atoms with Gasteiger partial charge in [0, 0.05) is 54.3 Å². The Morgan fingerprint density at radius 3 is 2.93 bits per heavy atom. The van der Waals surface area contributed by atoms with Crippen LogP contribution in [0.4, 0.5) is 5.69 Å². The van der Waals surface area contributed by atoms with Gasteiger partial charge < -0.3 is 15.3 Å². The van der Waals surface area contributed by atoms with Crippen molar-refractivity contribution in [1.29, 1.82) is 0 Å². The number of hydrogen-bond acceptors (Lipinski definition) is 6. The van der Waals surface area contributed by atoms with Gasteiger partial charge in [-0.05, 0) is 44.2 Å². The summed E-state index contributed by atoms with van der Waals surface area (Å²) in [6.45, 7) is 7.07. The third-order valence-electron chi connectivity index (χ3n) is 5.97. The van der Waals surface area contributed by atoms with Crippen molar-refractivity contribution in [2.45, 2.75) is 26.3 Å². The zero-order valence-electron chi connectivity index (χ0n) is 17.6. The number of aromatic hydroxyl groups is 1. The van der Waals surface area contributed by atoms with E-state index in [0.717, 1.165) is 53.6 Å². The van der Waals surface area contributed by atoms with Crippen molar-refractivity contribution in [2.24, 2.45) is 7.05 Å². The number of phenolic OH excluding ortho intramolecular Hbond substituents is 1. The molecule has 0 amide bonds. The third-order valence-corrected chi connectivity index (χ3v) is 5.97. The zero-order chi connectivity index (χ0) is 20.8. The van der Waals surface area contributed by atoms with Crippen LogP contribution in [0.5, 0.6) is 5.75 Å². The normalized spacial score (nSPS) is 16.8. The second kappa shape index (κ2) is 7.25. The second-order valence-electron chi connectivity index (χ2n) is 8.06. The summed E-state index contributed by atoms with van der Waals surface area (Å²) in [5, 5.41) is 20.7. The number of nitrogens with zero attached hydrogens (tertiary/aromatic N) is 5. The smallest absolute Gasteiger partial charge is 0.159 e. The number of hydrogen-bond donors (Lipinski definition) is 2. The van der Waals surface area contributed by atoms with E-state index in [4.69, 9.17) is 4.98 Å². The van der Waals surface area contributed by atoms with Gasteiger partial charge in [0.15, 0.2) is 5.65 Å². The number of likely N-dealkylation sites (N-methyl/N-ethyl adjacent to an activating group) is 1. The van der Waals surface area contributed by atoms with Crippen LogP contribution in [0.3, 0.4) is 0 Å². The predicted octanol–water partition coefficient (Wildman–Crippen LogP) is 3.39. The lowest BCUT2D eigenvalue weighted by atomic mass is 10.0. The Labute approximate surface area is 175 Å². The van der Waals surface area contributed by atoms with Crippen molar-refractivity contribution in [3.63, 3.8) is 0 Å². The average Bonchev–Trinajstić information content (AvgIpc) is 3.36. The van der Waals surface area contributed by atoms with Gasteiger partial charge in [-0.3, -0.25) is 4.68 Å². The number of rotatable bonds is 4. The molecule has 5 rings (SSSR count). The molecule has 7 nitrogen and oxygen atoms in total. The van der Waals surface area contributed by atoms with E-state index >= 15 is 0 Å². The summed E-state index contributed by atoms with van der Waals surface area (Å²) in [7, 11) is 1.88. The summed E-state index contributed by atoms with van der Waals surface area (Å²) < 4.78 is 1.76. The molecule has 1 atom stereocenters. The zero-order valence-corrected chi connectivity index (χ0v) is 17.6. The molecule has 30 heavy (non-hydrogen) atoms. The fourth-order valence-corrected chi connectivity index (χ4v) is 4.41. The minimum atomic E-state index is 0.219. The van der Waals surface area contributed by atoms with Crippen LogP contribution in [0.15, 0.2) is 36.7 Å². The molecule has 0 spiro atoms. The summed E-state index contributed by atoms with van der Waals surface area (Å²) in [4.78, 5) is 11.7. The highest BCUT2D eigenvalue weighted by molar-refractivity contribution is 5.91. The van der Waals surface area contributed by atoms with Gasteiger partial charge in [-0.15, -0.1) is 0 Å². The molecule has 0 aliphatic carbocycles. The lowest BCUT2D eigenvalue weighted by Crippen LogP contribution is -2.32. The van der Waals surface area contributed by atoms with Gasteiger partial charge in [0.2, 0.25) is 0 Å². The molecule has 1 aromatic carbocycles. The van der Waals surface area contributed by atoms with Gasteiger partial charge in [-0.25, -0.2) is 9.97 Å². The van der Waals surface area contributed by atoms with Gasteiger partial charge in [0.05, 0.1) is 23.1 Å². The van der Waals surface area contributed by atoms with Gasteiger partial charge in [-0.2, -0.15) is 5.10 Å². The van der Waals surface area contributed by atoms with Gasteiger partial charge in [-0.1, -0.05) is 6.92 Å². The quantitative estimate of drug-likeness (QED) is 0.545. The van der Waals surface area contributed by atoms with Crippen LogP contribution in [0.25, 0.3) is 33.2 Å². The van der Waals surface area contributed by atoms with Crippen molar-refractivity contribution in [3.05, 3.63) is 42.2 Å². The number of aryl methyl sites for hydroxylation is 2. The summed E-state index contributed by atoms with van der Waals surface area (Å²) in [6, 6.07) is 8.63. The molecule has 0 saturated carbocycles. The summed E-state index contributed by atoms with van der Waals surface area (Å²) in [5.41, 5.74) is 4.80. The SMILES string of the molecule is CCN[C@@H]1CCN(c2cnc3nc(-c4cc5cn(C)nc5c(C)c4O)ccc3c2)C1. The largest absolute Gasteiger partial charge is 0.507 e. The lowest BCUT2D eigenvalue weighted by Gasteiger charge is -2.19. The molecular weight excluding hydrogens is 376 g/mol. The summed E-state index contributed by atoms with van der Waals surface area (Å²) in [5.74, 6) is 0.219. The van der Waals surface area contributed by atoms with Gasteiger partial charge in [0.25, 0.3) is 0 Å². The van der Waals surface area contributed by atoms with E-state index in [-0.39, 0.29) is 5.75 Å². The number of pyridine rings is 2. The highest BCUT2D eigenvalue weighted by Crippen LogP contribution is 2.36. The maximum atomic E-state index is 10.8. The molecule has 2 N–H and O–H groups in total. The van der Waals surface area contributed by atoms with Crippen LogP contribution in [0, 0.1) is 6.92 Å². The fourth-order valence-electron chi connectivity index (χ4n) is 4.41. The van der Waals surface area contributed by atoms with E-state index < -0.39 is 0 Å². The number of nitrogens with one attached hydrogen (secondary N) is 1. The molecule has 7 heteroatoms. The Hall–Kier alpha value is -3.19. The third kappa shape index (κ3) is 3.15. The Balaban J connectivity index is 1.50. The molecule has 4 heterocycles. The van der Waals surface area contributed by atoms with Crippen molar-refractivity contribution >= 4 is 27.6 Å².